The lowest BCUT2D eigenvalue weighted by Crippen LogP contribution is -2.27. The van der Waals surface area contributed by atoms with E-state index in [0.29, 0.717) is 18.8 Å². The van der Waals surface area contributed by atoms with Gasteiger partial charge in [-0.05, 0) is 69.3 Å². The molecule has 2 aliphatic rings. The fourth-order valence-corrected chi connectivity index (χ4v) is 4.27. The van der Waals surface area contributed by atoms with E-state index in [9.17, 15) is 13.2 Å². The molecule has 0 aromatic heterocycles. The molecule has 2 rings (SSSR count). The Bertz CT molecular complexity index is 450. The molecular formula is C22H33F3. The minimum atomic E-state index is -4.02. The quantitative estimate of drug-likeness (QED) is 0.359. The summed E-state index contributed by atoms with van der Waals surface area (Å²) < 4.78 is 37.9. The van der Waals surface area contributed by atoms with Gasteiger partial charge in [0.05, 0.1) is 5.92 Å². The Hall–Kier alpha value is -0.910. The summed E-state index contributed by atoms with van der Waals surface area (Å²) >= 11 is 0. The molecule has 0 bridgehead atoms. The van der Waals surface area contributed by atoms with Gasteiger partial charge in [-0.2, -0.15) is 13.2 Å². The zero-order valence-corrected chi connectivity index (χ0v) is 15.6. The number of rotatable bonds is 5. The third-order valence-electron chi connectivity index (χ3n) is 6.04. The second-order valence-corrected chi connectivity index (χ2v) is 8.01. The van der Waals surface area contributed by atoms with Gasteiger partial charge in [0.15, 0.2) is 0 Å². The maximum atomic E-state index is 12.6. The average molecular weight is 355 g/mol. The summed E-state index contributed by atoms with van der Waals surface area (Å²) in [5.74, 6) is 6.89. The van der Waals surface area contributed by atoms with E-state index in [1.807, 2.05) is 6.08 Å². The van der Waals surface area contributed by atoms with E-state index in [1.54, 1.807) is 0 Å². The van der Waals surface area contributed by atoms with Crippen molar-refractivity contribution >= 4 is 0 Å². The Balaban J connectivity index is 1.64. The maximum Gasteiger partial charge on any atom is 0.391 e. The molecule has 0 aromatic carbocycles. The molecule has 142 valence electrons. The SMILES string of the molecule is CCCCC[C@H]1CC[C@H](/C=C/C#C[C@H]2CC[C@H](C(F)(F)F)CC2)CC1. The zero-order valence-electron chi connectivity index (χ0n) is 15.6. The predicted molar refractivity (Wildman–Crippen MR) is 98.0 cm³/mol. The van der Waals surface area contributed by atoms with E-state index in [-0.39, 0.29) is 18.8 Å². The number of unbranched alkanes of at least 4 members (excludes halogenated alkanes) is 2. The van der Waals surface area contributed by atoms with Gasteiger partial charge < -0.3 is 0 Å². The fourth-order valence-electron chi connectivity index (χ4n) is 4.27. The number of alkyl halides is 3. The Labute approximate surface area is 151 Å². The van der Waals surface area contributed by atoms with Crippen molar-refractivity contribution in [2.45, 2.75) is 90.1 Å². The molecule has 0 amide bonds. The van der Waals surface area contributed by atoms with Gasteiger partial charge in [0.25, 0.3) is 0 Å². The van der Waals surface area contributed by atoms with Gasteiger partial charge in [-0.3, -0.25) is 0 Å². The van der Waals surface area contributed by atoms with Crippen LogP contribution in [0.25, 0.3) is 0 Å². The van der Waals surface area contributed by atoms with E-state index in [4.69, 9.17) is 0 Å². The van der Waals surface area contributed by atoms with Crippen LogP contribution in [-0.2, 0) is 0 Å². The number of halogens is 3. The van der Waals surface area contributed by atoms with E-state index < -0.39 is 12.1 Å². The van der Waals surface area contributed by atoms with Crippen LogP contribution in [0.5, 0.6) is 0 Å². The van der Waals surface area contributed by atoms with Crippen LogP contribution in [0.1, 0.15) is 84.0 Å². The van der Waals surface area contributed by atoms with Gasteiger partial charge in [-0.1, -0.05) is 50.5 Å². The molecule has 0 aromatic rings. The maximum absolute atomic E-state index is 12.6. The zero-order chi connectivity index (χ0) is 18.1. The summed E-state index contributed by atoms with van der Waals surface area (Å²) in [6.45, 7) is 2.25. The van der Waals surface area contributed by atoms with Crippen molar-refractivity contribution in [1.82, 2.24) is 0 Å². The summed E-state index contributed by atoms with van der Waals surface area (Å²) in [7, 11) is 0. The molecule has 2 saturated carbocycles. The molecule has 2 aliphatic carbocycles. The van der Waals surface area contributed by atoms with Crippen molar-refractivity contribution in [2.24, 2.45) is 23.7 Å². The minimum Gasteiger partial charge on any atom is -0.171 e. The van der Waals surface area contributed by atoms with Crippen molar-refractivity contribution in [2.75, 3.05) is 0 Å². The molecular weight excluding hydrogens is 321 g/mol. The summed E-state index contributed by atoms with van der Waals surface area (Å²) in [6.07, 6.45) is 12.5. The van der Waals surface area contributed by atoms with Crippen LogP contribution in [0.3, 0.4) is 0 Å². The van der Waals surface area contributed by atoms with Gasteiger partial charge >= 0.3 is 6.18 Å². The average Bonchev–Trinajstić information content (AvgIpc) is 2.60. The normalized spacial score (nSPS) is 30.9. The van der Waals surface area contributed by atoms with Crippen LogP contribution >= 0.6 is 0 Å². The minimum absolute atomic E-state index is 0.151. The third kappa shape index (κ3) is 7.47. The first-order valence-corrected chi connectivity index (χ1v) is 10.2. The number of allylic oxidation sites excluding steroid dienone is 2. The summed E-state index contributed by atoms with van der Waals surface area (Å²) in [5.41, 5.74) is 0. The first-order chi connectivity index (χ1) is 12.0. The van der Waals surface area contributed by atoms with Gasteiger partial charge in [0.2, 0.25) is 0 Å². The predicted octanol–water partition coefficient (Wildman–Crippen LogP) is 7.30. The highest BCUT2D eigenvalue weighted by molar-refractivity contribution is 5.18. The molecule has 0 radical (unpaired) electrons. The van der Waals surface area contributed by atoms with Gasteiger partial charge in [0.1, 0.15) is 0 Å². The highest BCUT2D eigenvalue weighted by Crippen LogP contribution is 2.39. The van der Waals surface area contributed by atoms with Crippen LogP contribution in [0.15, 0.2) is 12.2 Å². The van der Waals surface area contributed by atoms with E-state index in [1.165, 1.54) is 51.4 Å². The smallest absolute Gasteiger partial charge is 0.171 e. The van der Waals surface area contributed by atoms with Crippen LogP contribution < -0.4 is 0 Å². The monoisotopic (exact) mass is 354 g/mol. The first-order valence-electron chi connectivity index (χ1n) is 10.2. The van der Waals surface area contributed by atoms with E-state index in [0.717, 1.165) is 5.92 Å². The molecule has 0 nitrogen and oxygen atoms in total. The molecule has 0 saturated heterocycles. The molecule has 0 heterocycles. The van der Waals surface area contributed by atoms with Crippen LogP contribution in [0.4, 0.5) is 13.2 Å². The van der Waals surface area contributed by atoms with Gasteiger partial charge in [0, 0.05) is 5.92 Å². The van der Waals surface area contributed by atoms with Crippen molar-refractivity contribution < 1.29 is 13.2 Å². The van der Waals surface area contributed by atoms with Crippen LogP contribution in [-0.4, -0.2) is 6.18 Å². The standard InChI is InChI=1S/C22H33F3/c1-2-3-4-7-18-10-12-19(13-11-18)8-5-6-9-20-14-16-21(17-15-20)22(23,24)25/h5,8,18-21H,2-4,7,10-17H2,1H3/b8-5+/t18-,19-,20-,21-. The highest BCUT2D eigenvalue weighted by atomic mass is 19.4. The Morgan fingerprint density at radius 2 is 1.60 bits per heavy atom. The van der Waals surface area contributed by atoms with Crippen LogP contribution in [0.2, 0.25) is 0 Å². The lowest BCUT2D eigenvalue weighted by molar-refractivity contribution is -0.182. The first kappa shape index (κ1) is 20.4. The molecule has 0 spiro atoms. The van der Waals surface area contributed by atoms with Crippen molar-refractivity contribution in [3.05, 3.63) is 12.2 Å². The number of hydrogen-bond acceptors (Lipinski definition) is 0. The molecule has 25 heavy (non-hydrogen) atoms. The van der Waals surface area contributed by atoms with Gasteiger partial charge in [-0.15, -0.1) is 0 Å². The second-order valence-electron chi connectivity index (χ2n) is 8.01. The Kier molecular flexibility index (Phi) is 8.40. The van der Waals surface area contributed by atoms with Gasteiger partial charge in [-0.25, -0.2) is 0 Å². The lowest BCUT2D eigenvalue weighted by atomic mass is 9.79. The summed E-state index contributed by atoms with van der Waals surface area (Å²) in [5, 5.41) is 0. The summed E-state index contributed by atoms with van der Waals surface area (Å²) in [4.78, 5) is 0. The fraction of sp³-hybridized carbons (Fsp3) is 0.818. The third-order valence-corrected chi connectivity index (χ3v) is 6.04. The largest absolute Gasteiger partial charge is 0.391 e. The molecule has 0 atom stereocenters. The topological polar surface area (TPSA) is 0 Å². The van der Waals surface area contributed by atoms with Crippen molar-refractivity contribution in [3.8, 4) is 11.8 Å². The molecule has 0 unspecified atom stereocenters. The van der Waals surface area contributed by atoms with E-state index in [2.05, 4.69) is 24.8 Å². The van der Waals surface area contributed by atoms with E-state index >= 15 is 0 Å². The summed E-state index contributed by atoms with van der Waals surface area (Å²) in [6, 6.07) is 0. The Morgan fingerprint density at radius 3 is 2.20 bits per heavy atom. The van der Waals surface area contributed by atoms with Crippen molar-refractivity contribution in [1.29, 1.82) is 0 Å². The van der Waals surface area contributed by atoms with Crippen molar-refractivity contribution in [3.63, 3.8) is 0 Å². The molecule has 0 aliphatic heterocycles. The molecule has 3 heteroatoms. The highest BCUT2D eigenvalue weighted by Gasteiger charge is 2.41. The second kappa shape index (κ2) is 10.3. The van der Waals surface area contributed by atoms with Crippen LogP contribution in [0, 0.1) is 35.5 Å². The lowest BCUT2D eigenvalue weighted by Gasteiger charge is -2.27. The Morgan fingerprint density at radius 1 is 0.920 bits per heavy atom. The molecule has 0 N–H and O–H groups in total. The molecule has 2 fully saturated rings. The number of hydrogen-bond donors (Lipinski definition) is 0.